The Labute approximate surface area is 71.7 Å². The zero-order valence-corrected chi connectivity index (χ0v) is 6.25. The van der Waals surface area contributed by atoms with E-state index in [-0.39, 0.29) is 11.8 Å². The van der Waals surface area contributed by atoms with Gasteiger partial charge in [-0.05, 0) is 5.21 Å². The van der Waals surface area contributed by atoms with Crippen molar-refractivity contribution in [2.45, 2.75) is 0 Å². The highest BCUT2D eigenvalue weighted by atomic mass is 16.8. The Morgan fingerprint density at radius 3 is 3.08 bits per heavy atom. The number of guanidine groups is 1. The summed E-state index contributed by atoms with van der Waals surface area (Å²) in [5.74, 6) is 4.47. The first-order valence-electron chi connectivity index (χ1n) is 2.93. The minimum Gasteiger partial charge on any atom is -0.366 e. The second kappa shape index (κ2) is 3.72. The van der Waals surface area contributed by atoms with Crippen LogP contribution in [0.15, 0.2) is 5.10 Å². The molecule has 5 N–H and O–H groups in total. The van der Waals surface area contributed by atoms with E-state index in [1.807, 2.05) is 0 Å². The molecule has 1 aromatic heterocycles. The Hall–Kier alpha value is -2.57. The van der Waals surface area contributed by atoms with Crippen LogP contribution in [-0.4, -0.2) is 26.3 Å². The largest absolute Gasteiger partial charge is 0.366 e. The fourth-order valence-electron chi connectivity index (χ4n) is 0.399. The number of aromatic nitrogens is 4. The van der Waals surface area contributed by atoms with Crippen molar-refractivity contribution in [2.75, 3.05) is 0 Å². The fraction of sp³-hybridized carbons (Fsp3) is 0. The summed E-state index contributed by atoms with van der Waals surface area (Å²) in [7, 11) is 0. The van der Waals surface area contributed by atoms with Crippen molar-refractivity contribution in [3.8, 4) is 6.07 Å². The van der Waals surface area contributed by atoms with Gasteiger partial charge in [0.2, 0.25) is 5.96 Å². The quantitative estimate of drug-likeness (QED) is 0.186. The van der Waals surface area contributed by atoms with E-state index in [9.17, 15) is 0 Å². The summed E-state index contributed by atoms with van der Waals surface area (Å²) in [6.45, 7) is 0. The molecular formula is C3H5N9O. The van der Waals surface area contributed by atoms with Gasteiger partial charge in [-0.2, -0.15) is 10.7 Å². The smallest absolute Gasteiger partial charge is 0.277 e. The lowest BCUT2D eigenvalue weighted by molar-refractivity contribution is 0.00942. The molecule has 0 aliphatic rings. The molecule has 0 fully saturated rings. The van der Waals surface area contributed by atoms with Crippen LogP contribution in [0.5, 0.6) is 0 Å². The molecule has 0 bridgehead atoms. The third kappa shape index (κ3) is 2.19. The topological polar surface area (TPSA) is 153 Å². The Morgan fingerprint density at radius 2 is 2.54 bits per heavy atom. The molecule has 1 aromatic rings. The Balaban J connectivity index is 2.51. The Morgan fingerprint density at radius 1 is 1.77 bits per heavy atom. The highest BCUT2D eigenvalue weighted by Gasteiger charge is 2.00. The van der Waals surface area contributed by atoms with Gasteiger partial charge in [-0.25, -0.2) is 4.94 Å². The number of rotatable bonds is 2. The molecule has 0 atom stereocenters. The van der Waals surface area contributed by atoms with Gasteiger partial charge in [0.15, 0.2) is 0 Å². The predicted octanol–water partition coefficient (Wildman–Crippen LogP) is -3.33. The lowest BCUT2D eigenvalue weighted by Crippen LogP contribution is -2.40. The molecule has 0 saturated heterocycles. The van der Waals surface area contributed by atoms with Crippen molar-refractivity contribution in [3.05, 3.63) is 5.82 Å². The van der Waals surface area contributed by atoms with Crippen LogP contribution >= 0.6 is 0 Å². The molecule has 0 unspecified atom stereocenters. The van der Waals surface area contributed by atoms with Crippen LogP contribution in [0.25, 0.3) is 0 Å². The van der Waals surface area contributed by atoms with Crippen LogP contribution in [0, 0.1) is 11.3 Å². The van der Waals surface area contributed by atoms with E-state index in [4.69, 9.17) is 16.8 Å². The molecule has 10 heteroatoms. The zero-order chi connectivity index (χ0) is 9.68. The van der Waals surface area contributed by atoms with Crippen molar-refractivity contribution in [1.82, 2.24) is 25.9 Å². The lowest BCUT2D eigenvalue weighted by Gasteiger charge is -2.00. The van der Waals surface area contributed by atoms with Crippen LogP contribution in [0.4, 0.5) is 0 Å². The summed E-state index contributed by atoms with van der Waals surface area (Å²) in [5.41, 5.74) is 7.17. The van der Waals surface area contributed by atoms with Crippen molar-refractivity contribution in [2.24, 2.45) is 16.7 Å². The minimum absolute atomic E-state index is 0.134. The van der Waals surface area contributed by atoms with E-state index < -0.39 is 0 Å². The standard InChI is InChI=1S/C3H5N9O/c4-1-2-8-11-12(9-2)13-10-3(5)7-6/h6H2,(H3,5,7,10). The summed E-state index contributed by atoms with van der Waals surface area (Å²) in [4.78, 5) is 5.19. The number of tetrazole rings is 1. The van der Waals surface area contributed by atoms with E-state index in [0.29, 0.717) is 4.96 Å². The second-order valence-corrected chi connectivity index (χ2v) is 1.69. The number of nitrogens with zero attached hydrogens (tertiary/aromatic N) is 6. The maximum atomic E-state index is 8.30. The molecule has 0 aliphatic carbocycles. The molecule has 0 spiro atoms. The van der Waals surface area contributed by atoms with Crippen molar-refractivity contribution in [3.63, 3.8) is 0 Å². The number of hydrogen-bond donors (Lipinski definition) is 3. The number of nitrogens with two attached hydrogens (primary N) is 2. The summed E-state index contributed by atoms with van der Waals surface area (Å²) < 4.78 is 0. The molecule has 0 saturated carbocycles. The Bertz CT molecular complexity index is 346. The molecule has 0 aromatic carbocycles. The van der Waals surface area contributed by atoms with Gasteiger partial charge in [0.1, 0.15) is 6.07 Å². The maximum absolute atomic E-state index is 8.30. The highest BCUT2D eigenvalue weighted by Crippen LogP contribution is 1.77. The molecule has 10 nitrogen and oxygen atoms in total. The lowest BCUT2D eigenvalue weighted by atomic mass is 10.7. The number of hydroxylamine groups is 1. The number of nitriles is 1. The predicted molar refractivity (Wildman–Crippen MR) is 38.1 cm³/mol. The van der Waals surface area contributed by atoms with Crippen molar-refractivity contribution < 1.29 is 4.94 Å². The third-order valence-corrected chi connectivity index (χ3v) is 0.867. The molecule has 1 rings (SSSR count). The van der Waals surface area contributed by atoms with E-state index in [2.05, 4.69) is 30.9 Å². The van der Waals surface area contributed by atoms with Gasteiger partial charge in [0.05, 0.1) is 0 Å². The van der Waals surface area contributed by atoms with Crippen LogP contribution in [0.1, 0.15) is 5.82 Å². The Kier molecular flexibility index (Phi) is 2.44. The molecule has 0 aliphatic heterocycles. The van der Waals surface area contributed by atoms with Gasteiger partial charge in [0.25, 0.3) is 5.82 Å². The molecule has 0 amide bonds. The molecule has 68 valence electrons. The highest BCUT2D eigenvalue weighted by molar-refractivity contribution is 5.76. The SMILES string of the molecule is N#Cc1nnn(ONC(N)=NN)n1. The summed E-state index contributed by atoms with van der Waals surface area (Å²) in [5, 5.41) is 21.4. The van der Waals surface area contributed by atoms with Gasteiger partial charge in [-0.1, -0.05) is 10.2 Å². The average Bonchev–Trinajstić information content (AvgIpc) is 2.61. The number of nitrogens with one attached hydrogen (secondary N) is 1. The van der Waals surface area contributed by atoms with Gasteiger partial charge in [-0.15, -0.1) is 5.10 Å². The summed E-state index contributed by atoms with van der Waals surface area (Å²) in [6.07, 6.45) is 0. The maximum Gasteiger partial charge on any atom is 0.277 e. The number of hydrazone groups is 1. The van der Waals surface area contributed by atoms with E-state index >= 15 is 0 Å². The van der Waals surface area contributed by atoms with Crippen LogP contribution < -0.4 is 22.0 Å². The van der Waals surface area contributed by atoms with Crippen LogP contribution in [0.3, 0.4) is 0 Å². The normalized spacial score (nSPS) is 10.5. The molecular weight excluding hydrogens is 178 g/mol. The first-order valence-corrected chi connectivity index (χ1v) is 2.93. The molecule has 13 heavy (non-hydrogen) atoms. The van der Waals surface area contributed by atoms with E-state index in [1.165, 1.54) is 0 Å². The summed E-state index contributed by atoms with van der Waals surface area (Å²) in [6, 6.07) is 1.65. The van der Waals surface area contributed by atoms with E-state index in [0.717, 1.165) is 0 Å². The van der Waals surface area contributed by atoms with E-state index in [1.54, 1.807) is 6.07 Å². The minimum atomic E-state index is -0.171. The zero-order valence-electron chi connectivity index (χ0n) is 6.25. The van der Waals surface area contributed by atoms with Gasteiger partial charge < -0.3 is 11.6 Å². The average molecular weight is 183 g/mol. The number of hydrogen-bond acceptors (Lipinski definition) is 7. The first-order chi connectivity index (χ1) is 6.26. The van der Waals surface area contributed by atoms with Gasteiger partial charge in [0, 0.05) is 4.96 Å². The van der Waals surface area contributed by atoms with Crippen molar-refractivity contribution in [1.29, 1.82) is 5.26 Å². The second-order valence-electron chi connectivity index (χ2n) is 1.69. The van der Waals surface area contributed by atoms with Gasteiger partial charge in [-0.3, -0.25) is 0 Å². The fourth-order valence-corrected chi connectivity index (χ4v) is 0.399. The molecule has 1 heterocycles. The van der Waals surface area contributed by atoms with Crippen LogP contribution in [0.2, 0.25) is 0 Å². The van der Waals surface area contributed by atoms with Crippen LogP contribution in [-0.2, 0) is 0 Å². The summed E-state index contributed by atoms with van der Waals surface area (Å²) >= 11 is 0. The third-order valence-electron chi connectivity index (χ3n) is 0.867. The van der Waals surface area contributed by atoms with Gasteiger partial charge >= 0.3 is 0 Å². The first kappa shape index (κ1) is 8.53. The molecule has 0 radical (unpaired) electrons. The van der Waals surface area contributed by atoms with Crippen molar-refractivity contribution >= 4 is 5.96 Å². The monoisotopic (exact) mass is 183 g/mol.